The summed E-state index contributed by atoms with van der Waals surface area (Å²) < 4.78 is 1.79. The fourth-order valence-electron chi connectivity index (χ4n) is 3.30. The van der Waals surface area contributed by atoms with Gasteiger partial charge in [-0.2, -0.15) is 5.10 Å². The minimum Gasteiger partial charge on any atom is -0.348 e. The lowest BCUT2D eigenvalue weighted by Crippen LogP contribution is -2.47. The van der Waals surface area contributed by atoms with Crippen molar-refractivity contribution < 1.29 is 9.59 Å². The molecule has 1 aromatic heterocycles. The van der Waals surface area contributed by atoms with Crippen molar-refractivity contribution in [2.24, 2.45) is 0 Å². The van der Waals surface area contributed by atoms with E-state index in [4.69, 9.17) is 0 Å². The van der Waals surface area contributed by atoms with Crippen LogP contribution in [0.3, 0.4) is 0 Å². The Morgan fingerprint density at radius 3 is 2.84 bits per heavy atom. The number of amides is 2. The molecule has 0 unspecified atom stereocenters. The Morgan fingerprint density at radius 1 is 1.36 bits per heavy atom. The Morgan fingerprint density at radius 2 is 2.20 bits per heavy atom. The van der Waals surface area contributed by atoms with Crippen molar-refractivity contribution in [2.45, 2.75) is 45.2 Å². The summed E-state index contributed by atoms with van der Waals surface area (Å²) in [4.78, 5) is 26.3. The highest BCUT2D eigenvalue weighted by atomic mass is 16.2. The van der Waals surface area contributed by atoms with Crippen LogP contribution in [0.2, 0.25) is 0 Å². The highest BCUT2D eigenvalue weighted by molar-refractivity contribution is 5.88. The van der Waals surface area contributed by atoms with Gasteiger partial charge in [0.1, 0.15) is 6.04 Å². The van der Waals surface area contributed by atoms with Crippen molar-refractivity contribution in [3.63, 3.8) is 0 Å². The summed E-state index contributed by atoms with van der Waals surface area (Å²) in [6, 6.07) is 9.27. The molecular formula is C19H24N4O2. The number of likely N-dealkylation sites (tertiary alicyclic amines) is 1. The lowest BCUT2D eigenvalue weighted by atomic mass is 10.1. The van der Waals surface area contributed by atoms with Gasteiger partial charge >= 0.3 is 0 Å². The van der Waals surface area contributed by atoms with E-state index in [0.29, 0.717) is 19.4 Å². The van der Waals surface area contributed by atoms with E-state index in [9.17, 15) is 9.59 Å². The molecule has 1 aliphatic rings. The number of hydrogen-bond acceptors (Lipinski definition) is 3. The molecule has 25 heavy (non-hydrogen) atoms. The molecule has 2 atom stereocenters. The summed E-state index contributed by atoms with van der Waals surface area (Å²) in [5, 5.41) is 7.29. The van der Waals surface area contributed by atoms with Crippen LogP contribution in [0, 0.1) is 0 Å². The number of rotatable bonds is 6. The largest absolute Gasteiger partial charge is 0.348 e. The van der Waals surface area contributed by atoms with Crippen LogP contribution in [-0.4, -0.2) is 39.1 Å². The molecule has 3 rings (SSSR count). The molecule has 0 spiro atoms. The Labute approximate surface area is 147 Å². The van der Waals surface area contributed by atoms with Crippen LogP contribution in [0.1, 0.15) is 44.7 Å². The van der Waals surface area contributed by atoms with Crippen LogP contribution in [0.4, 0.5) is 0 Å². The molecule has 0 bridgehead atoms. The zero-order valence-electron chi connectivity index (χ0n) is 14.7. The number of nitrogens with zero attached hydrogens (tertiary/aromatic N) is 3. The molecule has 2 heterocycles. The molecule has 2 aromatic rings. The predicted octanol–water partition coefficient (Wildman–Crippen LogP) is 2.45. The molecule has 132 valence electrons. The predicted molar refractivity (Wildman–Crippen MR) is 95.1 cm³/mol. The lowest BCUT2D eigenvalue weighted by molar-refractivity contribution is -0.137. The lowest BCUT2D eigenvalue weighted by Gasteiger charge is -2.27. The van der Waals surface area contributed by atoms with Gasteiger partial charge in [0.25, 0.3) is 0 Å². The summed E-state index contributed by atoms with van der Waals surface area (Å²) in [7, 11) is 0. The van der Waals surface area contributed by atoms with Crippen molar-refractivity contribution in [1.29, 1.82) is 0 Å². The Bertz CT molecular complexity index is 742. The number of carbonyl (C=O) groups is 2. The van der Waals surface area contributed by atoms with E-state index in [1.165, 1.54) is 0 Å². The number of aromatic nitrogens is 2. The van der Waals surface area contributed by atoms with Gasteiger partial charge in [0.15, 0.2) is 0 Å². The average molecular weight is 340 g/mol. The zero-order chi connectivity index (χ0) is 17.8. The molecule has 6 nitrogen and oxygen atoms in total. The summed E-state index contributed by atoms with van der Waals surface area (Å²) in [6.07, 6.45) is 5.62. The SMILES string of the molecule is CC[C@H](C(=O)N[C@@H](C)c1cccc(-n2cccn2)c1)N1CCCC1=O. The molecule has 1 aliphatic heterocycles. The Hall–Kier alpha value is -2.63. The van der Waals surface area contributed by atoms with Gasteiger partial charge in [-0.25, -0.2) is 4.68 Å². The molecule has 0 aliphatic carbocycles. The third kappa shape index (κ3) is 3.73. The van der Waals surface area contributed by atoms with Gasteiger partial charge in [-0.1, -0.05) is 19.1 Å². The molecule has 1 aromatic carbocycles. The van der Waals surface area contributed by atoms with Gasteiger partial charge in [0, 0.05) is 25.4 Å². The number of nitrogens with one attached hydrogen (secondary N) is 1. The summed E-state index contributed by atoms with van der Waals surface area (Å²) >= 11 is 0. The second-order valence-corrected chi connectivity index (χ2v) is 6.39. The van der Waals surface area contributed by atoms with Gasteiger partial charge in [-0.3, -0.25) is 9.59 Å². The van der Waals surface area contributed by atoms with Crippen LogP contribution < -0.4 is 5.32 Å². The molecule has 1 N–H and O–H groups in total. The maximum Gasteiger partial charge on any atom is 0.243 e. The zero-order valence-corrected chi connectivity index (χ0v) is 14.7. The van der Waals surface area contributed by atoms with E-state index in [0.717, 1.165) is 17.7 Å². The topological polar surface area (TPSA) is 67.2 Å². The summed E-state index contributed by atoms with van der Waals surface area (Å²) in [5.41, 5.74) is 1.95. The van der Waals surface area contributed by atoms with Crippen molar-refractivity contribution in [3.8, 4) is 5.69 Å². The first kappa shape index (κ1) is 17.2. The third-order valence-electron chi connectivity index (χ3n) is 4.67. The highest BCUT2D eigenvalue weighted by Crippen LogP contribution is 2.19. The van der Waals surface area contributed by atoms with E-state index in [2.05, 4.69) is 10.4 Å². The van der Waals surface area contributed by atoms with E-state index < -0.39 is 0 Å². The molecular weight excluding hydrogens is 316 g/mol. The van der Waals surface area contributed by atoms with Crippen LogP contribution >= 0.6 is 0 Å². The first-order valence-electron chi connectivity index (χ1n) is 8.80. The maximum atomic E-state index is 12.7. The number of benzene rings is 1. The van der Waals surface area contributed by atoms with Crippen LogP contribution in [0.5, 0.6) is 0 Å². The van der Waals surface area contributed by atoms with Crippen molar-refractivity contribution in [2.75, 3.05) is 6.54 Å². The molecule has 1 fully saturated rings. The minimum absolute atomic E-state index is 0.0790. The molecule has 2 amide bonds. The summed E-state index contributed by atoms with van der Waals surface area (Å²) in [5.74, 6) is -0.00919. The Kier molecular flexibility index (Phi) is 5.16. The fraction of sp³-hybridized carbons (Fsp3) is 0.421. The molecule has 0 saturated carbocycles. The third-order valence-corrected chi connectivity index (χ3v) is 4.67. The van der Waals surface area contributed by atoms with E-state index >= 15 is 0 Å². The number of carbonyl (C=O) groups excluding carboxylic acids is 2. The summed E-state index contributed by atoms with van der Waals surface area (Å²) in [6.45, 7) is 4.57. The van der Waals surface area contributed by atoms with Crippen LogP contribution in [-0.2, 0) is 9.59 Å². The highest BCUT2D eigenvalue weighted by Gasteiger charge is 2.32. The average Bonchev–Trinajstić information content (AvgIpc) is 3.28. The first-order chi connectivity index (χ1) is 12.1. The van der Waals surface area contributed by atoms with Crippen molar-refractivity contribution >= 4 is 11.8 Å². The Balaban J connectivity index is 1.71. The maximum absolute atomic E-state index is 12.7. The minimum atomic E-state index is -0.383. The van der Waals surface area contributed by atoms with Gasteiger partial charge in [-0.15, -0.1) is 0 Å². The van der Waals surface area contributed by atoms with Crippen LogP contribution in [0.25, 0.3) is 5.69 Å². The normalized spacial score (nSPS) is 16.7. The van der Waals surface area contributed by atoms with E-state index in [1.807, 2.05) is 50.4 Å². The second kappa shape index (κ2) is 7.51. The van der Waals surface area contributed by atoms with Crippen LogP contribution in [0.15, 0.2) is 42.7 Å². The van der Waals surface area contributed by atoms with E-state index in [-0.39, 0.29) is 23.9 Å². The quantitative estimate of drug-likeness (QED) is 0.878. The second-order valence-electron chi connectivity index (χ2n) is 6.39. The van der Waals surface area contributed by atoms with Crippen molar-refractivity contribution in [3.05, 3.63) is 48.3 Å². The van der Waals surface area contributed by atoms with Gasteiger partial charge in [0.2, 0.25) is 11.8 Å². The molecule has 1 saturated heterocycles. The fourth-order valence-corrected chi connectivity index (χ4v) is 3.30. The standard InChI is InChI=1S/C19H24N4O2/c1-3-17(22-11-5-9-18(22)24)19(25)21-14(2)15-7-4-8-16(13-15)23-12-6-10-20-23/h4,6-8,10,12-14,17H,3,5,9,11H2,1-2H3,(H,21,25)/t14-,17+/m0/s1. The van der Waals surface area contributed by atoms with Gasteiger partial charge in [-0.05, 0) is 43.5 Å². The van der Waals surface area contributed by atoms with Gasteiger partial charge in [0.05, 0.1) is 11.7 Å². The number of hydrogen-bond donors (Lipinski definition) is 1. The monoisotopic (exact) mass is 340 g/mol. The molecule has 6 heteroatoms. The van der Waals surface area contributed by atoms with Gasteiger partial charge < -0.3 is 10.2 Å². The smallest absolute Gasteiger partial charge is 0.243 e. The van der Waals surface area contributed by atoms with Crippen molar-refractivity contribution in [1.82, 2.24) is 20.0 Å². The first-order valence-corrected chi connectivity index (χ1v) is 8.80. The molecule has 0 radical (unpaired) electrons. The van der Waals surface area contributed by atoms with E-state index in [1.54, 1.807) is 15.8 Å².